The van der Waals surface area contributed by atoms with Crippen LogP contribution in [0.4, 0.5) is 11.4 Å². The molecule has 0 bridgehead atoms. The first-order valence-corrected chi connectivity index (χ1v) is 12.4. The van der Waals surface area contributed by atoms with Crippen LogP contribution in [0.15, 0.2) is 33.2 Å². The summed E-state index contributed by atoms with van der Waals surface area (Å²) in [6, 6.07) is 8.72. The third-order valence-corrected chi connectivity index (χ3v) is 6.29. The van der Waals surface area contributed by atoms with Crippen molar-refractivity contribution in [3.05, 3.63) is 55.5 Å². The molecule has 0 aromatic heterocycles. The molecule has 0 aliphatic rings. The number of carbonyl (C=O) groups excluding carboxylic acids is 3. The van der Waals surface area contributed by atoms with Crippen LogP contribution >= 0.6 is 31.9 Å². The van der Waals surface area contributed by atoms with E-state index in [1.807, 2.05) is 26.0 Å². The van der Waals surface area contributed by atoms with Gasteiger partial charge in [-0.05, 0) is 88.1 Å². The SMILES string of the molecule is C.CC(=O)OOC(C)=O.Cc1cc(N)cc(C)c1Br.Cc1cc(NC(C)C)cc(C)c1Br.[B-]OC(C)=O.[Na+]. The second kappa shape index (κ2) is 23.4. The fourth-order valence-electron chi connectivity index (χ4n) is 2.46. The van der Waals surface area contributed by atoms with Crippen molar-refractivity contribution in [1.82, 2.24) is 0 Å². The van der Waals surface area contributed by atoms with E-state index in [4.69, 9.17) is 5.73 Å². The zero-order chi connectivity index (χ0) is 28.6. The van der Waals surface area contributed by atoms with Crippen LogP contribution in [0.1, 0.15) is 64.3 Å². The van der Waals surface area contributed by atoms with Gasteiger partial charge in [-0.25, -0.2) is 19.4 Å². The summed E-state index contributed by atoms with van der Waals surface area (Å²) in [6.45, 7) is 16.1. The average molecular weight is 669 g/mol. The number of anilines is 2. The van der Waals surface area contributed by atoms with E-state index in [0.717, 1.165) is 24.0 Å². The van der Waals surface area contributed by atoms with Gasteiger partial charge in [-0.2, -0.15) is 0 Å². The normalized spacial score (nSPS) is 8.76. The van der Waals surface area contributed by atoms with Crippen LogP contribution in [0, 0.1) is 27.7 Å². The van der Waals surface area contributed by atoms with Crippen molar-refractivity contribution in [3.63, 3.8) is 0 Å². The number of rotatable bonds is 2. The van der Waals surface area contributed by atoms with Crippen LogP contribution in [0.25, 0.3) is 0 Å². The molecule has 0 aliphatic heterocycles. The Bertz CT molecular complexity index is 963. The number of nitrogen functional groups attached to an aromatic ring is 1. The molecule has 0 fully saturated rings. The minimum atomic E-state index is -0.639. The first kappa shape index (κ1) is 43.5. The van der Waals surface area contributed by atoms with Gasteiger partial charge in [0, 0.05) is 47.1 Å². The van der Waals surface area contributed by atoms with Crippen LogP contribution in [-0.2, 0) is 28.8 Å². The Labute approximate surface area is 268 Å². The van der Waals surface area contributed by atoms with E-state index < -0.39 is 17.9 Å². The number of aryl methyl sites for hydroxylation is 4. The Balaban J connectivity index is -0.000000209. The molecule has 0 amide bonds. The monoisotopic (exact) mass is 667 g/mol. The second-order valence-electron chi connectivity index (χ2n) is 7.95. The van der Waals surface area contributed by atoms with Gasteiger partial charge in [-0.1, -0.05) is 39.3 Å². The van der Waals surface area contributed by atoms with Crippen LogP contribution in [0.2, 0.25) is 0 Å². The van der Waals surface area contributed by atoms with Crippen molar-refractivity contribution in [2.75, 3.05) is 11.1 Å². The summed E-state index contributed by atoms with van der Waals surface area (Å²) >= 11 is 7.01. The number of halogens is 2. The summed E-state index contributed by atoms with van der Waals surface area (Å²) in [7, 11) is 4.32. The summed E-state index contributed by atoms with van der Waals surface area (Å²) in [4.78, 5) is 36.8. The Hall–Kier alpha value is -1.53. The van der Waals surface area contributed by atoms with E-state index in [1.54, 1.807) is 0 Å². The molecule has 0 unspecified atom stereocenters. The fourth-order valence-corrected chi connectivity index (χ4v) is 2.92. The maximum Gasteiger partial charge on any atom is 1.00 e. The molecular weight excluding hydrogens is 630 g/mol. The molecule has 0 spiro atoms. The van der Waals surface area contributed by atoms with Gasteiger partial charge in [0.25, 0.3) is 0 Å². The van der Waals surface area contributed by atoms with E-state index in [1.165, 1.54) is 39.3 Å². The molecule has 3 N–H and O–H groups in total. The van der Waals surface area contributed by atoms with Gasteiger partial charge in [0.05, 0.1) is 0 Å². The predicted molar refractivity (Wildman–Crippen MR) is 158 cm³/mol. The van der Waals surface area contributed by atoms with Crippen LogP contribution in [0.3, 0.4) is 0 Å². The standard InChI is InChI=1S/C11H16BrN.C8H10BrN.C4H6O4.C2H3BO2.CH4.Na/c1-7(2)13-10-5-8(3)11(12)9(4)6-10;1-5-3-7(10)4-6(2)8(5)9;1-3(5)7-8-4(2)6;1-2(4)5-3;;/h5-7,13H,1-4H3;3-4H,10H2,1-2H3;1-2H3;1H3;1H4;/q;;;-1;;+1. The maximum absolute atomic E-state index is 9.85. The predicted octanol–water partition coefficient (Wildman–Crippen LogP) is 3.84. The minimum absolute atomic E-state index is 0. The van der Waals surface area contributed by atoms with E-state index >= 15 is 0 Å². The van der Waals surface area contributed by atoms with Crippen LogP contribution < -0.4 is 40.6 Å². The summed E-state index contributed by atoms with van der Waals surface area (Å²) in [6.07, 6.45) is 0. The molecule has 0 heterocycles. The number of hydrogen-bond donors (Lipinski definition) is 2. The van der Waals surface area contributed by atoms with E-state index in [-0.39, 0.29) is 37.0 Å². The second-order valence-corrected chi connectivity index (χ2v) is 9.54. The Morgan fingerprint density at radius 1 is 0.789 bits per heavy atom. The third kappa shape index (κ3) is 22.5. The third-order valence-electron chi connectivity index (χ3n) is 3.79. The van der Waals surface area contributed by atoms with Crippen molar-refractivity contribution in [1.29, 1.82) is 0 Å². The molecule has 0 saturated heterocycles. The molecule has 0 atom stereocenters. The average Bonchev–Trinajstić information content (AvgIpc) is 2.75. The van der Waals surface area contributed by atoms with Gasteiger partial charge in [0.15, 0.2) is 0 Å². The molecule has 0 saturated carbocycles. The van der Waals surface area contributed by atoms with Crippen molar-refractivity contribution in [2.24, 2.45) is 0 Å². The van der Waals surface area contributed by atoms with Gasteiger partial charge < -0.3 is 23.8 Å². The zero-order valence-corrected chi connectivity index (χ0v) is 28.4. The molecule has 2 aromatic carbocycles. The Morgan fingerprint density at radius 2 is 1.08 bits per heavy atom. The maximum atomic E-state index is 9.85. The Morgan fingerprint density at radius 3 is 1.32 bits per heavy atom. The van der Waals surface area contributed by atoms with Crippen molar-refractivity contribution in [2.45, 2.75) is 75.8 Å². The minimum Gasteiger partial charge on any atom is -0.793 e. The Kier molecular flexibility index (Phi) is 26.8. The zero-order valence-electron chi connectivity index (χ0n) is 23.2. The summed E-state index contributed by atoms with van der Waals surface area (Å²) in [5.41, 5.74) is 12.6. The van der Waals surface area contributed by atoms with Crippen molar-refractivity contribution < 1.29 is 58.4 Å². The number of benzene rings is 2. The first-order chi connectivity index (χ1) is 16.5. The molecule has 2 aromatic rings. The number of hydrogen-bond acceptors (Lipinski definition) is 8. The van der Waals surface area contributed by atoms with Crippen molar-refractivity contribution in [3.8, 4) is 0 Å². The fraction of sp³-hybridized carbons (Fsp3) is 0.423. The van der Waals surface area contributed by atoms with Crippen LogP contribution in [-0.4, -0.2) is 32.0 Å². The van der Waals surface area contributed by atoms with Gasteiger partial charge in [0.2, 0.25) is 5.97 Å². The van der Waals surface area contributed by atoms with Crippen LogP contribution in [0.5, 0.6) is 0 Å². The number of carbonyl (C=O) groups is 3. The van der Waals surface area contributed by atoms with E-state index in [0.29, 0.717) is 6.04 Å². The molecule has 38 heavy (non-hydrogen) atoms. The summed E-state index contributed by atoms with van der Waals surface area (Å²) in [5, 5.41) is 3.39. The molecule has 12 heteroatoms. The molecular formula is C26H39BBr2N2NaO6. The smallest absolute Gasteiger partial charge is 0.793 e. The quantitative estimate of drug-likeness (QED) is 0.215. The largest absolute Gasteiger partial charge is 1.00 e. The number of nitrogens with two attached hydrogens (primary N) is 1. The summed E-state index contributed by atoms with van der Waals surface area (Å²) < 4.78 is 5.98. The number of nitrogens with one attached hydrogen (secondary N) is 1. The van der Waals surface area contributed by atoms with Gasteiger partial charge in [-0.3, -0.25) is 4.79 Å². The van der Waals surface area contributed by atoms with E-state index in [2.05, 4.69) is 99.5 Å². The van der Waals surface area contributed by atoms with Gasteiger partial charge in [-0.15, -0.1) is 0 Å². The summed E-state index contributed by atoms with van der Waals surface area (Å²) in [5.74, 6) is -1.74. The van der Waals surface area contributed by atoms with E-state index in [9.17, 15) is 14.4 Å². The topological polar surface area (TPSA) is 117 Å². The van der Waals surface area contributed by atoms with Crippen molar-refractivity contribution >= 4 is 69.2 Å². The molecule has 207 valence electrons. The van der Waals surface area contributed by atoms with Gasteiger partial charge >= 0.3 is 41.5 Å². The molecule has 2 rings (SSSR count). The van der Waals surface area contributed by atoms with Gasteiger partial charge in [0.1, 0.15) is 0 Å². The first-order valence-electron chi connectivity index (χ1n) is 10.8. The molecule has 0 aliphatic carbocycles. The molecule has 3 radical (unpaired) electrons. The molecule has 8 nitrogen and oxygen atoms in total.